The van der Waals surface area contributed by atoms with Gasteiger partial charge in [0, 0.05) is 19.0 Å². The average molecular weight is 262 g/mol. The van der Waals surface area contributed by atoms with Gasteiger partial charge in [-0.1, -0.05) is 6.92 Å². The molecule has 0 aromatic carbocycles. The van der Waals surface area contributed by atoms with Gasteiger partial charge in [-0.15, -0.1) is 0 Å². The van der Waals surface area contributed by atoms with Gasteiger partial charge >= 0.3 is 6.03 Å². The van der Waals surface area contributed by atoms with E-state index in [1.807, 2.05) is 18.7 Å². The van der Waals surface area contributed by atoms with Crippen LogP contribution in [0, 0.1) is 23.2 Å². The molecule has 0 radical (unpaired) electrons. The van der Waals surface area contributed by atoms with E-state index in [4.69, 9.17) is 0 Å². The molecule has 1 saturated heterocycles. The number of imide groups is 1. The number of hydrogen-bond acceptors (Lipinski definition) is 2. The molecule has 1 spiro atoms. The molecule has 0 aromatic heterocycles. The zero-order chi connectivity index (χ0) is 13.6. The van der Waals surface area contributed by atoms with E-state index in [1.165, 1.54) is 24.2 Å². The lowest BCUT2D eigenvalue weighted by Gasteiger charge is -2.34. The van der Waals surface area contributed by atoms with Gasteiger partial charge in [0.1, 0.15) is 5.54 Å². The molecule has 5 fully saturated rings. The first-order valence-electron chi connectivity index (χ1n) is 7.73. The summed E-state index contributed by atoms with van der Waals surface area (Å²) in [6, 6.07) is -0.0422. The van der Waals surface area contributed by atoms with Crippen molar-refractivity contribution in [3.05, 3.63) is 0 Å². The molecule has 104 valence electrons. The summed E-state index contributed by atoms with van der Waals surface area (Å²) in [5.41, 5.74) is -0.0414. The predicted octanol–water partition coefficient (Wildman–Crippen LogP) is 2.10. The zero-order valence-corrected chi connectivity index (χ0v) is 12.0. The van der Waals surface area contributed by atoms with Crippen molar-refractivity contribution in [2.45, 2.75) is 45.6 Å². The van der Waals surface area contributed by atoms with Gasteiger partial charge in [-0.3, -0.25) is 9.69 Å². The van der Waals surface area contributed by atoms with Gasteiger partial charge < -0.3 is 4.90 Å². The summed E-state index contributed by atoms with van der Waals surface area (Å²) in [6.07, 6.45) is 3.52. The van der Waals surface area contributed by atoms with Gasteiger partial charge in [0.15, 0.2) is 0 Å². The summed E-state index contributed by atoms with van der Waals surface area (Å²) in [4.78, 5) is 28.8. The highest BCUT2D eigenvalue weighted by Crippen LogP contribution is 2.85. The number of carbonyl (C=O) groups is 2. The fourth-order valence-corrected chi connectivity index (χ4v) is 6.13. The second-order valence-corrected chi connectivity index (χ2v) is 6.71. The van der Waals surface area contributed by atoms with Crippen LogP contribution in [0.2, 0.25) is 0 Å². The predicted molar refractivity (Wildman–Crippen MR) is 70.3 cm³/mol. The Morgan fingerprint density at radius 2 is 1.95 bits per heavy atom. The van der Waals surface area contributed by atoms with Gasteiger partial charge in [0.25, 0.3) is 5.91 Å². The SMILES string of the molecule is CCN1C(=O)N(CC)C2(C1=O)C1CC3C2C3(CC)C1. The van der Waals surface area contributed by atoms with E-state index in [1.54, 1.807) is 0 Å². The zero-order valence-electron chi connectivity index (χ0n) is 12.0. The maximum atomic E-state index is 12.9. The van der Waals surface area contributed by atoms with E-state index in [0.717, 1.165) is 0 Å². The van der Waals surface area contributed by atoms with E-state index < -0.39 is 5.54 Å². The molecule has 1 aliphatic heterocycles. The average Bonchev–Trinajstić information content (AvgIpc) is 2.79. The largest absolute Gasteiger partial charge is 0.327 e. The minimum absolute atomic E-state index is 0.0422. The molecule has 5 rings (SSSR count). The number of nitrogens with zero attached hydrogens (tertiary/aromatic N) is 2. The molecular formula is C15H22N2O2. The molecule has 1 heterocycles. The van der Waals surface area contributed by atoms with Crippen LogP contribution in [0.4, 0.5) is 4.79 Å². The van der Waals surface area contributed by atoms with E-state index in [-0.39, 0.29) is 11.9 Å². The topological polar surface area (TPSA) is 40.6 Å². The second-order valence-electron chi connectivity index (χ2n) is 6.71. The van der Waals surface area contributed by atoms with Crippen molar-refractivity contribution in [1.29, 1.82) is 0 Å². The highest BCUT2D eigenvalue weighted by atomic mass is 16.2. The molecule has 3 amide bonds. The van der Waals surface area contributed by atoms with Crippen LogP contribution in [0.5, 0.6) is 0 Å². The number of hydrogen-bond donors (Lipinski definition) is 0. The van der Waals surface area contributed by atoms with Crippen LogP contribution >= 0.6 is 0 Å². The molecule has 4 heteroatoms. The Balaban J connectivity index is 1.84. The minimum Gasteiger partial charge on any atom is -0.309 e. The molecule has 0 N–H and O–H groups in total. The van der Waals surface area contributed by atoms with Gasteiger partial charge in [-0.2, -0.15) is 0 Å². The molecule has 4 bridgehead atoms. The highest BCUT2D eigenvalue weighted by Gasteiger charge is 2.88. The van der Waals surface area contributed by atoms with E-state index in [0.29, 0.717) is 36.3 Å². The quantitative estimate of drug-likeness (QED) is 0.731. The van der Waals surface area contributed by atoms with Gasteiger partial charge in [0.05, 0.1) is 0 Å². The number of likely N-dealkylation sites (N-methyl/N-ethyl adjacent to an activating group) is 2. The first-order chi connectivity index (χ1) is 9.09. The van der Waals surface area contributed by atoms with Crippen molar-refractivity contribution in [3.8, 4) is 0 Å². The summed E-state index contributed by atoms with van der Waals surface area (Å²) in [6.45, 7) is 7.35. The van der Waals surface area contributed by atoms with E-state index in [9.17, 15) is 9.59 Å². The Kier molecular flexibility index (Phi) is 1.95. The third-order valence-electron chi connectivity index (χ3n) is 6.70. The van der Waals surface area contributed by atoms with Crippen molar-refractivity contribution >= 4 is 11.9 Å². The Bertz CT molecular complexity index is 491. The molecular weight excluding hydrogens is 240 g/mol. The monoisotopic (exact) mass is 262 g/mol. The normalized spacial score (nSPS) is 49.9. The van der Waals surface area contributed by atoms with Crippen LogP contribution in [0.1, 0.15) is 40.0 Å². The number of rotatable bonds is 3. The lowest BCUT2D eigenvalue weighted by molar-refractivity contribution is -0.135. The fourth-order valence-electron chi connectivity index (χ4n) is 6.13. The maximum Gasteiger partial charge on any atom is 0.327 e. The Labute approximate surface area is 114 Å². The molecule has 5 unspecified atom stereocenters. The van der Waals surface area contributed by atoms with Crippen molar-refractivity contribution in [3.63, 3.8) is 0 Å². The van der Waals surface area contributed by atoms with Crippen LogP contribution in [-0.4, -0.2) is 40.4 Å². The maximum absolute atomic E-state index is 12.9. The Morgan fingerprint density at radius 1 is 1.21 bits per heavy atom. The smallest absolute Gasteiger partial charge is 0.309 e. The summed E-state index contributed by atoms with van der Waals surface area (Å²) < 4.78 is 0. The lowest BCUT2D eigenvalue weighted by atomic mass is 9.86. The molecule has 0 aromatic rings. The van der Waals surface area contributed by atoms with Crippen molar-refractivity contribution in [1.82, 2.24) is 9.80 Å². The van der Waals surface area contributed by atoms with Crippen LogP contribution in [-0.2, 0) is 4.79 Å². The third-order valence-corrected chi connectivity index (χ3v) is 6.70. The molecule has 4 nitrogen and oxygen atoms in total. The summed E-state index contributed by atoms with van der Waals surface area (Å²) >= 11 is 0. The van der Waals surface area contributed by atoms with E-state index in [2.05, 4.69) is 6.92 Å². The standard InChI is InChI=1S/C15H22N2O2/c1-4-14-8-9-7-10(14)11(14)15(9)12(18)16(5-2)13(19)17(15)6-3/h9-11H,4-8H2,1-3H3. The van der Waals surface area contributed by atoms with Gasteiger partial charge in [-0.05, 0) is 50.4 Å². The second kappa shape index (κ2) is 3.15. The highest BCUT2D eigenvalue weighted by molar-refractivity contribution is 6.08. The first-order valence-corrected chi connectivity index (χ1v) is 7.73. The lowest BCUT2D eigenvalue weighted by Crippen LogP contribution is -2.53. The van der Waals surface area contributed by atoms with Gasteiger partial charge in [-0.25, -0.2) is 4.79 Å². The fraction of sp³-hybridized carbons (Fsp3) is 0.867. The Morgan fingerprint density at radius 3 is 2.42 bits per heavy atom. The van der Waals surface area contributed by atoms with Crippen LogP contribution < -0.4 is 0 Å². The molecule has 19 heavy (non-hydrogen) atoms. The molecule has 4 aliphatic carbocycles. The number of urea groups is 1. The summed E-state index contributed by atoms with van der Waals surface area (Å²) in [5, 5.41) is 0. The van der Waals surface area contributed by atoms with Crippen LogP contribution in [0.15, 0.2) is 0 Å². The Hall–Kier alpha value is -1.06. The van der Waals surface area contributed by atoms with E-state index >= 15 is 0 Å². The number of carbonyl (C=O) groups excluding carboxylic acids is 2. The van der Waals surface area contributed by atoms with Crippen molar-refractivity contribution < 1.29 is 9.59 Å². The summed E-state index contributed by atoms with van der Waals surface area (Å²) in [5.74, 6) is 1.72. The molecule has 5 aliphatic rings. The number of amides is 3. The van der Waals surface area contributed by atoms with Gasteiger partial charge in [0.2, 0.25) is 0 Å². The first kappa shape index (κ1) is 11.7. The van der Waals surface area contributed by atoms with Crippen LogP contribution in [0.25, 0.3) is 0 Å². The molecule has 5 atom stereocenters. The van der Waals surface area contributed by atoms with Crippen LogP contribution in [0.3, 0.4) is 0 Å². The third kappa shape index (κ3) is 0.897. The minimum atomic E-state index is -0.442. The van der Waals surface area contributed by atoms with Crippen molar-refractivity contribution in [2.24, 2.45) is 23.2 Å². The van der Waals surface area contributed by atoms with Crippen molar-refractivity contribution in [2.75, 3.05) is 13.1 Å². The molecule has 4 saturated carbocycles. The summed E-state index contributed by atoms with van der Waals surface area (Å²) in [7, 11) is 0.